The number of hydrogen-bond donors (Lipinski definition) is 0. The van der Waals surface area contributed by atoms with E-state index < -0.39 is 0 Å². The van der Waals surface area contributed by atoms with Gasteiger partial charge in [-0.1, -0.05) is 17.2 Å². The topological polar surface area (TPSA) is 26.3 Å². The molecule has 0 heterocycles. The molecule has 92 valence electrons. The number of esters is 1. The molecule has 2 nitrogen and oxygen atoms in total. The summed E-state index contributed by atoms with van der Waals surface area (Å²) in [5, 5.41) is 0. The van der Waals surface area contributed by atoms with Crippen molar-refractivity contribution in [3.63, 3.8) is 0 Å². The van der Waals surface area contributed by atoms with E-state index in [1.807, 2.05) is 13.8 Å². The fraction of sp³-hybridized carbons (Fsp3) is 0.643. The van der Waals surface area contributed by atoms with Crippen molar-refractivity contribution >= 4 is 5.97 Å². The summed E-state index contributed by atoms with van der Waals surface area (Å²) in [6, 6.07) is 0. The van der Waals surface area contributed by atoms with Gasteiger partial charge in [0.25, 0.3) is 0 Å². The minimum Gasteiger partial charge on any atom is -0.466 e. The molecule has 0 aromatic carbocycles. The highest BCUT2D eigenvalue weighted by Crippen LogP contribution is 2.10. The Labute approximate surface area is 99.4 Å². The molecule has 0 aliphatic carbocycles. The molecular weight excluding hydrogens is 200 g/mol. The van der Waals surface area contributed by atoms with E-state index in [0.29, 0.717) is 13.0 Å². The summed E-state index contributed by atoms with van der Waals surface area (Å²) >= 11 is 0. The van der Waals surface area contributed by atoms with Crippen molar-refractivity contribution < 1.29 is 9.53 Å². The minimum absolute atomic E-state index is 0.0859. The van der Waals surface area contributed by atoms with Crippen LogP contribution in [-0.4, -0.2) is 12.6 Å². The van der Waals surface area contributed by atoms with E-state index in [2.05, 4.69) is 19.6 Å². The average Bonchev–Trinajstić information content (AvgIpc) is 2.17. The second kappa shape index (κ2) is 9.20. The number of allylic oxidation sites excluding steroid dienone is 3. The highest BCUT2D eigenvalue weighted by molar-refractivity contribution is 5.69. The number of hydrogen-bond acceptors (Lipinski definition) is 2. The lowest BCUT2D eigenvalue weighted by Gasteiger charge is -2.02. The molecule has 0 aromatic heterocycles. The fourth-order valence-corrected chi connectivity index (χ4v) is 1.41. The summed E-state index contributed by atoms with van der Waals surface area (Å²) in [5.74, 6) is -0.0859. The largest absolute Gasteiger partial charge is 0.466 e. The number of carbonyl (C=O) groups excluding carboxylic acids is 1. The van der Waals surface area contributed by atoms with Crippen LogP contribution in [0.1, 0.15) is 52.9 Å². The third kappa shape index (κ3) is 9.50. The molecule has 16 heavy (non-hydrogen) atoms. The van der Waals surface area contributed by atoms with Crippen LogP contribution in [0.15, 0.2) is 23.8 Å². The van der Waals surface area contributed by atoms with Crippen molar-refractivity contribution in [3.05, 3.63) is 23.8 Å². The maximum atomic E-state index is 11.1. The van der Waals surface area contributed by atoms with E-state index in [9.17, 15) is 4.79 Å². The van der Waals surface area contributed by atoms with Crippen molar-refractivity contribution in [1.29, 1.82) is 0 Å². The van der Waals surface area contributed by atoms with Crippen LogP contribution in [0.3, 0.4) is 0 Å². The van der Waals surface area contributed by atoms with Crippen LogP contribution in [0.2, 0.25) is 0 Å². The normalized spacial score (nSPS) is 11.3. The van der Waals surface area contributed by atoms with Gasteiger partial charge < -0.3 is 4.74 Å². The van der Waals surface area contributed by atoms with Gasteiger partial charge in [-0.05, 0) is 46.5 Å². The lowest BCUT2D eigenvalue weighted by Crippen LogP contribution is -2.03. The molecule has 2 heteroatoms. The van der Waals surface area contributed by atoms with E-state index in [1.165, 1.54) is 11.1 Å². The molecule has 0 atom stereocenters. The molecule has 0 aliphatic rings. The Morgan fingerprint density at radius 3 is 2.50 bits per heavy atom. The van der Waals surface area contributed by atoms with Crippen molar-refractivity contribution in [2.45, 2.75) is 52.9 Å². The predicted molar refractivity (Wildman–Crippen MR) is 68.3 cm³/mol. The smallest absolute Gasteiger partial charge is 0.305 e. The Morgan fingerprint density at radius 2 is 1.94 bits per heavy atom. The molecule has 0 N–H and O–H groups in total. The van der Waals surface area contributed by atoms with Gasteiger partial charge in [-0.2, -0.15) is 0 Å². The van der Waals surface area contributed by atoms with Gasteiger partial charge in [0.2, 0.25) is 0 Å². The van der Waals surface area contributed by atoms with Gasteiger partial charge in [-0.3, -0.25) is 4.79 Å². The standard InChI is InChI=1S/C14H24O2/c1-5-16-14(15)11-7-10-13(4)9-6-8-12(2)3/h9H,2,5-8,10-11H2,1,3-4H3. The molecule has 0 saturated carbocycles. The van der Waals surface area contributed by atoms with Crippen molar-refractivity contribution in [3.8, 4) is 0 Å². The molecule has 0 amide bonds. The van der Waals surface area contributed by atoms with Crippen LogP contribution in [0, 0.1) is 0 Å². The lowest BCUT2D eigenvalue weighted by molar-refractivity contribution is -0.143. The van der Waals surface area contributed by atoms with Crippen molar-refractivity contribution in [2.24, 2.45) is 0 Å². The highest BCUT2D eigenvalue weighted by Gasteiger charge is 2.00. The fourth-order valence-electron chi connectivity index (χ4n) is 1.41. The van der Waals surface area contributed by atoms with E-state index in [-0.39, 0.29) is 5.97 Å². The van der Waals surface area contributed by atoms with Gasteiger partial charge in [0.05, 0.1) is 6.61 Å². The number of carbonyl (C=O) groups is 1. The maximum Gasteiger partial charge on any atom is 0.305 e. The van der Waals surface area contributed by atoms with Crippen LogP contribution >= 0.6 is 0 Å². The minimum atomic E-state index is -0.0859. The summed E-state index contributed by atoms with van der Waals surface area (Å²) in [6.45, 7) is 10.3. The van der Waals surface area contributed by atoms with Crippen LogP contribution in [-0.2, 0) is 9.53 Å². The quantitative estimate of drug-likeness (QED) is 0.460. The maximum absolute atomic E-state index is 11.1. The van der Waals surface area contributed by atoms with Crippen LogP contribution < -0.4 is 0 Å². The average molecular weight is 224 g/mol. The van der Waals surface area contributed by atoms with Crippen LogP contribution in [0.4, 0.5) is 0 Å². The third-order valence-electron chi connectivity index (χ3n) is 2.32. The van der Waals surface area contributed by atoms with Gasteiger partial charge in [-0.25, -0.2) is 0 Å². The van der Waals surface area contributed by atoms with E-state index in [0.717, 1.165) is 25.7 Å². The first-order chi connectivity index (χ1) is 7.56. The molecule has 0 saturated heterocycles. The molecule has 0 bridgehead atoms. The third-order valence-corrected chi connectivity index (χ3v) is 2.32. The van der Waals surface area contributed by atoms with E-state index >= 15 is 0 Å². The Kier molecular flexibility index (Phi) is 8.59. The van der Waals surface area contributed by atoms with Gasteiger partial charge in [-0.15, -0.1) is 6.58 Å². The number of rotatable bonds is 8. The first kappa shape index (κ1) is 14.9. The van der Waals surface area contributed by atoms with Gasteiger partial charge in [0, 0.05) is 6.42 Å². The van der Waals surface area contributed by atoms with Gasteiger partial charge in [0.15, 0.2) is 0 Å². The molecule has 0 unspecified atom stereocenters. The summed E-state index contributed by atoms with van der Waals surface area (Å²) in [5.41, 5.74) is 2.57. The summed E-state index contributed by atoms with van der Waals surface area (Å²) in [7, 11) is 0. The zero-order chi connectivity index (χ0) is 12.4. The van der Waals surface area contributed by atoms with Crippen molar-refractivity contribution in [1.82, 2.24) is 0 Å². The van der Waals surface area contributed by atoms with Crippen LogP contribution in [0.5, 0.6) is 0 Å². The Balaban J connectivity index is 3.60. The number of ether oxygens (including phenoxy) is 1. The first-order valence-corrected chi connectivity index (χ1v) is 6.02. The Hall–Kier alpha value is -1.05. The second-order valence-corrected chi connectivity index (χ2v) is 4.20. The zero-order valence-electron chi connectivity index (χ0n) is 10.8. The van der Waals surface area contributed by atoms with Gasteiger partial charge in [0.1, 0.15) is 0 Å². The van der Waals surface area contributed by atoms with E-state index in [1.54, 1.807) is 0 Å². The van der Waals surface area contributed by atoms with E-state index in [4.69, 9.17) is 4.74 Å². The molecule has 0 radical (unpaired) electrons. The molecule has 0 rings (SSSR count). The van der Waals surface area contributed by atoms with Crippen molar-refractivity contribution in [2.75, 3.05) is 6.61 Å². The monoisotopic (exact) mass is 224 g/mol. The van der Waals surface area contributed by atoms with Gasteiger partial charge >= 0.3 is 5.97 Å². The highest BCUT2D eigenvalue weighted by atomic mass is 16.5. The summed E-state index contributed by atoms with van der Waals surface area (Å²) in [4.78, 5) is 11.1. The molecule has 0 aromatic rings. The Morgan fingerprint density at radius 1 is 1.25 bits per heavy atom. The zero-order valence-corrected chi connectivity index (χ0v) is 10.8. The first-order valence-electron chi connectivity index (χ1n) is 6.02. The lowest BCUT2D eigenvalue weighted by atomic mass is 10.1. The molecule has 0 fully saturated rings. The second-order valence-electron chi connectivity index (χ2n) is 4.20. The molecule has 0 aliphatic heterocycles. The predicted octanol–water partition coefficient (Wildman–Crippen LogP) is 4.02. The Bertz CT molecular complexity index is 251. The summed E-state index contributed by atoms with van der Waals surface area (Å²) < 4.78 is 4.87. The van der Waals surface area contributed by atoms with Crippen LogP contribution in [0.25, 0.3) is 0 Å². The summed E-state index contributed by atoms with van der Waals surface area (Å²) in [6.07, 6.45) is 6.73. The SMILES string of the molecule is C=C(C)CCC=C(C)CCCC(=O)OCC. The molecular formula is C14H24O2. The molecule has 0 spiro atoms.